The molecule has 0 aliphatic heterocycles. The summed E-state index contributed by atoms with van der Waals surface area (Å²) in [4.78, 5) is 2.53. The minimum atomic E-state index is -0.545. The lowest BCUT2D eigenvalue weighted by molar-refractivity contribution is 0.768. The van der Waals surface area contributed by atoms with Crippen LogP contribution in [-0.2, 0) is 5.41 Å². The van der Waals surface area contributed by atoms with Gasteiger partial charge in [0.15, 0.2) is 0 Å². The van der Waals surface area contributed by atoms with E-state index >= 15 is 0 Å². The summed E-state index contributed by atoms with van der Waals surface area (Å²) >= 11 is 0. The van der Waals surface area contributed by atoms with Crippen LogP contribution in [0.25, 0.3) is 76.8 Å². The van der Waals surface area contributed by atoms with Crippen molar-refractivity contribution in [1.29, 1.82) is 0 Å². The Balaban J connectivity index is 1.07. The Labute approximate surface area is 397 Å². The number of rotatable bonds is 8. The van der Waals surface area contributed by atoms with E-state index in [0.29, 0.717) is 0 Å². The largest absolute Gasteiger partial charge is 0.309 e. The Kier molecular flexibility index (Phi) is 9.47. The van der Waals surface area contributed by atoms with Crippen molar-refractivity contribution in [2.75, 3.05) is 4.90 Å². The van der Waals surface area contributed by atoms with Crippen LogP contribution in [0.2, 0.25) is 0 Å². The van der Waals surface area contributed by atoms with Crippen molar-refractivity contribution in [2.45, 2.75) is 5.41 Å². The minimum Gasteiger partial charge on any atom is -0.309 e. The second-order valence-electron chi connectivity index (χ2n) is 18.0. The second kappa shape index (κ2) is 16.3. The molecule has 12 aromatic carbocycles. The second-order valence-corrected chi connectivity index (χ2v) is 18.0. The Hall–Kier alpha value is -8.78. The summed E-state index contributed by atoms with van der Waals surface area (Å²) in [5.41, 5.74) is 17.3. The van der Waals surface area contributed by atoms with Gasteiger partial charge in [0.2, 0.25) is 0 Å². The zero-order chi connectivity index (χ0) is 45.0. The Morgan fingerprint density at radius 2 is 0.794 bits per heavy atom. The molecule has 12 aromatic rings. The lowest BCUT2D eigenvalue weighted by Crippen LogP contribution is -2.28. The average molecular weight is 864 g/mol. The van der Waals surface area contributed by atoms with Gasteiger partial charge in [0.1, 0.15) is 0 Å². The van der Waals surface area contributed by atoms with Crippen LogP contribution in [0.15, 0.2) is 273 Å². The molecule has 0 saturated carbocycles. The standard InChI is InChI=1S/C67H45N/c1-4-18-48(19-5-1)60-42-38-53(52-33-31-46-17-10-11-21-50(46)43-52)45-65(60)68(57-39-35-47(36-40-57)51-37-41-59-54(44-51)34-32-49-20-12-13-26-58(49)59)64-30-16-29-63-66(64)61-27-14-15-28-62(61)67(63,55-22-6-2-7-23-55)56-24-8-3-9-25-56/h1-45H. The summed E-state index contributed by atoms with van der Waals surface area (Å²) in [5, 5.41) is 7.51. The van der Waals surface area contributed by atoms with Crippen molar-refractivity contribution in [3.63, 3.8) is 0 Å². The monoisotopic (exact) mass is 863 g/mol. The molecule has 0 unspecified atom stereocenters. The summed E-state index contributed by atoms with van der Waals surface area (Å²) in [6.45, 7) is 0. The molecule has 0 amide bonds. The van der Waals surface area contributed by atoms with Gasteiger partial charge in [0.05, 0.1) is 16.8 Å². The highest BCUT2D eigenvalue weighted by atomic mass is 15.1. The van der Waals surface area contributed by atoms with Crippen LogP contribution in [0, 0.1) is 0 Å². The Morgan fingerprint density at radius 3 is 1.57 bits per heavy atom. The molecule has 68 heavy (non-hydrogen) atoms. The maximum Gasteiger partial charge on any atom is 0.0714 e. The molecule has 0 spiro atoms. The van der Waals surface area contributed by atoms with E-state index in [1.807, 2.05) is 0 Å². The number of hydrogen-bond acceptors (Lipinski definition) is 1. The summed E-state index contributed by atoms with van der Waals surface area (Å²) in [5.74, 6) is 0. The maximum atomic E-state index is 2.53. The molecular formula is C67H45N. The van der Waals surface area contributed by atoms with Gasteiger partial charge in [-0.2, -0.15) is 0 Å². The molecular weight excluding hydrogens is 819 g/mol. The van der Waals surface area contributed by atoms with E-state index in [2.05, 4.69) is 278 Å². The predicted molar refractivity (Wildman–Crippen MR) is 287 cm³/mol. The predicted octanol–water partition coefficient (Wildman–Crippen LogP) is 18.0. The maximum absolute atomic E-state index is 2.53. The first kappa shape index (κ1) is 39.6. The highest BCUT2D eigenvalue weighted by Crippen LogP contribution is 2.60. The number of fused-ring (bicyclic) bond motifs is 7. The number of anilines is 3. The number of benzene rings is 12. The summed E-state index contributed by atoms with van der Waals surface area (Å²) in [6.07, 6.45) is 0. The van der Waals surface area contributed by atoms with Crippen LogP contribution in [-0.4, -0.2) is 0 Å². The first-order valence-corrected chi connectivity index (χ1v) is 23.6. The molecule has 1 aliphatic carbocycles. The molecule has 0 bridgehead atoms. The number of nitrogens with zero attached hydrogens (tertiary/aromatic N) is 1. The van der Waals surface area contributed by atoms with Gasteiger partial charge >= 0.3 is 0 Å². The van der Waals surface area contributed by atoms with Crippen LogP contribution < -0.4 is 4.90 Å². The third-order valence-electron chi connectivity index (χ3n) is 14.3. The summed E-state index contributed by atoms with van der Waals surface area (Å²) in [6, 6.07) is 101. The van der Waals surface area contributed by atoms with Crippen molar-refractivity contribution >= 4 is 49.4 Å². The van der Waals surface area contributed by atoms with Gasteiger partial charge in [-0.05, 0) is 124 Å². The summed E-state index contributed by atoms with van der Waals surface area (Å²) < 4.78 is 0. The van der Waals surface area contributed by atoms with Crippen molar-refractivity contribution in [3.05, 3.63) is 295 Å². The third kappa shape index (κ3) is 6.39. The third-order valence-corrected chi connectivity index (χ3v) is 14.3. The van der Waals surface area contributed by atoms with Crippen LogP contribution in [0.5, 0.6) is 0 Å². The minimum absolute atomic E-state index is 0.545. The molecule has 0 aromatic heterocycles. The molecule has 0 atom stereocenters. The van der Waals surface area contributed by atoms with Gasteiger partial charge in [-0.25, -0.2) is 0 Å². The van der Waals surface area contributed by atoms with E-state index in [9.17, 15) is 0 Å². The topological polar surface area (TPSA) is 3.24 Å². The zero-order valence-corrected chi connectivity index (χ0v) is 37.4. The van der Waals surface area contributed by atoms with Crippen LogP contribution in [0.4, 0.5) is 17.1 Å². The highest BCUT2D eigenvalue weighted by molar-refractivity contribution is 6.08. The molecule has 1 aliphatic rings. The molecule has 0 heterocycles. The van der Waals surface area contributed by atoms with Crippen molar-refractivity contribution in [1.82, 2.24) is 0 Å². The fourth-order valence-corrected chi connectivity index (χ4v) is 11.2. The van der Waals surface area contributed by atoms with Crippen molar-refractivity contribution < 1.29 is 0 Å². The molecule has 0 saturated heterocycles. The van der Waals surface area contributed by atoms with E-state index in [0.717, 1.165) is 33.8 Å². The van der Waals surface area contributed by atoms with E-state index < -0.39 is 5.41 Å². The molecule has 318 valence electrons. The van der Waals surface area contributed by atoms with Crippen molar-refractivity contribution in [2.24, 2.45) is 0 Å². The highest BCUT2D eigenvalue weighted by Gasteiger charge is 2.47. The lowest BCUT2D eigenvalue weighted by atomic mass is 9.68. The van der Waals surface area contributed by atoms with Gasteiger partial charge in [-0.1, -0.05) is 237 Å². The van der Waals surface area contributed by atoms with E-state index in [1.165, 1.54) is 82.4 Å². The molecule has 0 fully saturated rings. The fraction of sp³-hybridized carbons (Fsp3) is 0.0149. The first-order valence-electron chi connectivity index (χ1n) is 23.6. The molecule has 13 rings (SSSR count). The average Bonchev–Trinajstić information content (AvgIpc) is 3.73. The van der Waals surface area contributed by atoms with Gasteiger partial charge in [-0.15, -0.1) is 0 Å². The fourth-order valence-electron chi connectivity index (χ4n) is 11.2. The lowest BCUT2D eigenvalue weighted by Gasteiger charge is -2.34. The molecule has 0 radical (unpaired) electrons. The van der Waals surface area contributed by atoms with E-state index in [1.54, 1.807) is 0 Å². The quantitative estimate of drug-likeness (QED) is 0.138. The summed E-state index contributed by atoms with van der Waals surface area (Å²) in [7, 11) is 0. The Bertz CT molecular complexity index is 3800. The van der Waals surface area contributed by atoms with Gasteiger partial charge in [-0.3, -0.25) is 0 Å². The van der Waals surface area contributed by atoms with E-state index in [-0.39, 0.29) is 0 Å². The molecule has 0 N–H and O–H groups in total. The zero-order valence-electron chi connectivity index (χ0n) is 37.4. The van der Waals surface area contributed by atoms with Gasteiger partial charge in [0, 0.05) is 16.8 Å². The molecule has 1 heteroatoms. The smallest absolute Gasteiger partial charge is 0.0714 e. The van der Waals surface area contributed by atoms with Crippen LogP contribution in [0.3, 0.4) is 0 Å². The number of hydrogen-bond donors (Lipinski definition) is 0. The van der Waals surface area contributed by atoms with Crippen LogP contribution >= 0.6 is 0 Å². The SMILES string of the molecule is c1ccc(-c2ccc(-c3ccc4ccccc4c3)cc2N(c2ccc(-c3ccc4c(ccc5ccccc54)c3)cc2)c2cccc3c2-c2ccccc2C3(c2ccccc2)c2ccccc2)cc1. The first-order chi connectivity index (χ1) is 33.7. The van der Waals surface area contributed by atoms with Crippen molar-refractivity contribution in [3.8, 4) is 44.5 Å². The Morgan fingerprint density at radius 1 is 0.265 bits per heavy atom. The molecule has 1 nitrogen and oxygen atoms in total. The van der Waals surface area contributed by atoms with Crippen LogP contribution in [0.1, 0.15) is 22.3 Å². The normalized spacial score (nSPS) is 12.5. The van der Waals surface area contributed by atoms with E-state index in [4.69, 9.17) is 0 Å². The van der Waals surface area contributed by atoms with Gasteiger partial charge < -0.3 is 4.90 Å². The van der Waals surface area contributed by atoms with Gasteiger partial charge in [0.25, 0.3) is 0 Å².